The van der Waals surface area contributed by atoms with Gasteiger partial charge in [-0.3, -0.25) is 19.7 Å². The Bertz CT molecular complexity index is 661. The lowest BCUT2D eigenvalue weighted by atomic mass is 9.97. The summed E-state index contributed by atoms with van der Waals surface area (Å²) in [5.74, 6) is -0.463. The molecule has 3 aliphatic rings. The van der Waals surface area contributed by atoms with Crippen LogP contribution in [0.25, 0.3) is 0 Å². The number of carbonyl (C=O) groups excluding carboxylic acids is 1. The molecule has 2 N–H and O–H groups in total. The predicted octanol–water partition coefficient (Wildman–Crippen LogP) is 1.16. The number of hydrogen-bond donors (Lipinski definition) is 2. The second-order valence-electron chi connectivity index (χ2n) is 5.44. The lowest BCUT2D eigenvalue weighted by Gasteiger charge is -2.41. The largest absolute Gasteiger partial charge is 0.395 e. The molecule has 0 spiro atoms. The molecule has 2 bridgehead atoms. The Morgan fingerprint density at radius 2 is 2.26 bits per heavy atom. The van der Waals surface area contributed by atoms with Gasteiger partial charge in [0.2, 0.25) is 0 Å². The van der Waals surface area contributed by atoms with Crippen LogP contribution in [0.1, 0.15) is 23.2 Å². The number of nitro groups is 1. The maximum atomic E-state index is 11.9. The summed E-state index contributed by atoms with van der Waals surface area (Å²) in [6, 6.07) is 4.25. The highest BCUT2D eigenvalue weighted by Crippen LogP contribution is 2.37. The molecule has 23 heavy (non-hydrogen) atoms. The first-order valence-corrected chi connectivity index (χ1v) is 7.42. The van der Waals surface area contributed by atoms with Crippen LogP contribution in [-0.2, 0) is 4.84 Å². The number of hydroxylamine groups is 1. The Morgan fingerprint density at radius 3 is 2.83 bits per heavy atom. The third-order valence-corrected chi connectivity index (χ3v) is 3.91. The summed E-state index contributed by atoms with van der Waals surface area (Å²) in [5.41, 5.74) is 0.335. The zero-order chi connectivity index (χ0) is 16.4. The number of hydrogen-bond acceptors (Lipinski definition) is 6. The zero-order valence-electron chi connectivity index (χ0n) is 12.3. The first kappa shape index (κ1) is 15.4. The Kier molecular flexibility index (Phi) is 4.26. The van der Waals surface area contributed by atoms with Crippen molar-refractivity contribution in [3.05, 3.63) is 46.0 Å². The second kappa shape index (κ2) is 6.35. The number of nitro benzene ring substituents is 1. The van der Waals surface area contributed by atoms with E-state index in [-0.39, 0.29) is 36.5 Å². The number of aliphatic hydroxyl groups is 1. The average molecular weight is 319 g/mol. The summed E-state index contributed by atoms with van der Waals surface area (Å²) in [6.07, 6.45) is 5.66. The number of rotatable bonds is 5. The fourth-order valence-electron chi connectivity index (χ4n) is 2.79. The lowest BCUT2D eigenvalue weighted by Crippen LogP contribution is -2.45. The normalized spacial score (nSPS) is 22.2. The van der Waals surface area contributed by atoms with Crippen LogP contribution in [0, 0.1) is 10.1 Å². The molecule has 122 valence electrons. The van der Waals surface area contributed by atoms with Gasteiger partial charge in [0.15, 0.2) is 0 Å². The third kappa shape index (κ3) is 3.03. The molecule has 2 aliphatic heterocycles. The Labute approximate surface area is 132 Å². The SMILES string of the molecule is O=C(NCCO)c1ccc(N2OC3C=CC2CC3)c([N+](=O)[O-])c1. The van der Waals surface area contributed by atoms with Crippen molar-refractivity contribution >= 4 is 17.3 Å². The van der Waals surface area contributed by atoms with Crippen molar-refractivity contribution in [1.82, 2.24) is 5.32 Å². The van der Waals surface area contributed by atoms with Gasteiger partial charge in [0.25, 0.3) is 11.6 Å². The number of carbonyl (C=O) groups is 1. The molecule has 1 saturated heterocycles. The quantitative estimate of drug-likeness (QED) is 0.479. The summed E-state index contributed by atoms with van der Waals surface area (Å²) in [6.45, 7) is -0.0961. The Morgan fingerprint density at radius 1 is 1.43 bits per heavy atom. The summed E-state index contributed by atoms with van der Waals surface area (Å²) in [7, 11) is 0. The fourth-order valence-corrected chi connectivity index (χ4v) is 2.79. The van der Waals surface area contributed by atoms with Crippen LogP contribution >= 0.6 is 0 Å². The fraction of sp³-hybridized carbons (Fsp3) is 0.400. The summed E-state index contributed by atoms with van der Waals surface area (Å²) in [5, 5.41) is 24.2. The maximum Gasteiger partial charge on any atom is 0.295 e. The number of amides is 1. The van der Waals surface area contributed by atoms with E-state index in [0.717, 1.165) is 12.8 Å². The van der Waals surface area contributed by atoms with Gasteiger partial charge < -0.3 is 10.4 Å². The average Bonchev–Trinajstić information content (AvgIpc) is 2.60. The highest BCUT2D eigenvalue weighted by molar-refractivity contribution is 5.95. The minimum Gasteiger partial charge on any atom is -0.395 e. The molecule has 1 fully saturated rings. The minimum atomic E-state index is -0.520. The van der Waals surface area contributed by atoms with E-state index in [9.17, 15) is 14.9 Å². The van der Waals surface area contributed by atoms with Gasteiger partial charge >= 0.3 is 0 Å². The molecule has 2 atom stereocenters. The molecule has 4 rings (SSSR count). The van der Waals surface area contributed by atoms with Gasteiger partial charge in [-0.2, -0.15) is 0 Å². The number of nitrogens with zero attached hydrogens (tertiary/aromatic N) is 2. The molecule has 1 amide bonds. The first-order valence-electron chi connectivity index (χ1n) is 7.42. The van der Waals surface area contributed by atoms with E-state index in [1.165, 1.54) is 18.2 Å². The molecule has 2 unspecified atom stereocenters. The Balaban J connectivity index is 1.90. The van der Waals surface area contributed by atoms with Crippen LogP contribution < -0.4 is 10.4 Å². The van der Waals surface area contributed by atoms with Gasteiger partial charge in [-0.25, -0.2) is 5.06 Å². The van der Waals surface area contributed by atoms with Crippen LogP contribution in [0.5, 0.6) is 0 Å². The number of benzene rings is 1. The van der Waals surface area contributed by atoms with E-state index in [1.54, 1.807) is 5.06 Å². The molecule has 8 nitrogen and oxygen atoms in total. The van der Waals surface area contributed by atoms with Crippen LogP contribution in [0.4, 0.5) is 11.4 Å². The van der Waals surface area contributed by atoms with Gasteiger partial charge in [-0.1, -0.05) is 12.2 Å². The van der Waals surface area contributed by atoms with Gasteiger partial charge in [-0.05, 0) is 25.0 Å². The van der Waals surface area contributed by atoms with Crippen molar-refractivity contribution in [1.29, 1.82) is 0 Å². The summed E-state index contributed by atoms with van der Waals surface area (Å²) in [4.78, 5) is 28.5. The highest BCUT2D eigenvalue weighted by atomic mass is 16.7. The van der Waals surface area contributed by atoms with E-state index in [0.29, 0.717) is 5.69 Å². The third-order valence-electron chi connectivity index (χ3n) is 3.91. The summed E-state index contributed by atoms with van der Waals surface area (Å²) >= 11 is 0. The van der Waals surface area contributed by atoms with Crippen LogP contribution in [0.3, 0.4) is 0 Å². The maximum absolute atomic E-state index is 11.9. The molecule has 0 aromatic heterocycles. The van der Waals surface area contributed by atoms with Gasteiger partial charge in [0.05, 0.1) is 17.6 Å². The van der Waals surface area contributed by atoms with Crippen LogP contribution in [-0.4, -0.2) is 41.2 Å². The van der Waals surface area contributed by atoms with Gasteiger partial charge in [0, 0.05) is 18.2 Å². The minimum absolute atomic E-state index is 0.0345. The van der Waals surface area contributed by atoms with Crippen molar-refractivity contribution in [3.63, 3.8) is 0 Å². The number of anilines is 1. The lowest BCUT2D eigenvalue weighted by molar-refractivity contribution is -0.384. The van der Waals surface area contributed by atoms with E-state index < -0.39 is 10.8 Å². The van der Waals surface area contributed by atoms with Crippen molar-refractivity contribution in [2.45, 2.75) is 25.0 Å². The van der Waals surface area contributed by atoms with Crippen LogP contribution in [0.2, 0.25) is 0 Å². The molecule has 0 saturated carbocycles. The van der Waals surface area contributed by atoms with Crippen molar-refractivity contribution in [2.75, 3.05) is 18.2 Å². The van der Waals surface area contributed by atoms with E-state index >= 15 is 0 Å². The molecular formula is C15H17N3O5. The molecular weight excluding hydrogens is 302 g/mol. The zero-order valence-corrected chi connectivity index (χ0v) is 12.3. The molecule has 0 radical (unpaired) electrons. The van der Waals surface area contributed by atoms with Gasteiger partial charge in [0.1, 0.15) is 11.8 Å². The van der Waals surface area contributed by atoms with E-state index in [1.807, 2.05) is 12.2 Å². The Hall–Kier alpha value is -2.45. The topological polar surface area (TPSA) is 105 Å². The molecule has 1 aromatic rings. The molecule has 8 heteroatoms. The van der Waals surface area contributed by atoms with Gasteiger partial charge in [-0.15, -0.1) is 0 Å². The smallest absolute Gasteiger partial charge is 0.295 e. The molecule has 1 aromatic carbocycles. The number of fused-ring (bicyclic) bond motifs is 2. The number of aliphatic hydroxyl groups excluding tert-OH is 1. The van der Waals surface area contributed by atoms with Crippen molar-refractivity contribution < 1.29 is 19.7 Å². The van der Waals surface area contributed by atoms with E-state index in [2.05, 4.69) is 5.32 Å². The summed E-state index contributed by atoms with van der Waals surface area (Å²) < 4.78 is 0. The second-order valence-corrected chi connectivity index (χ2v) is 5.44. The first-order chi connectivity index (χ1) is 11.1. The van der Waals surface area contributed by atoms with Crippen molar-refractivity contribution in [2.24, 2.45) is 0 Å². The van der Waals surface area contributed by atoms with Crippen molar-refractivity contribution in [3.8, 4) is 0 Å². The predicted molar refractivity (Wildman–Crippen MR) is 82.0 cm³/mol. The molecule has 1 aliphatic carbocycles. The standard InChI is InChI=1S/C15H17N3O5/c19-8-7-16-15(20)10-1-6-13(14(9-10)18(21)22)17-11-2-4-12(23-17)5-3-11/h1-2,4,6,9,11-12,19H,3,5,7-8H2,(H,16,20). The monoisotopic (exact) mass is 319 g/mol. The highest BCUT2D eigenvalue weighted by Gasteiger charge is 2.35. The number of nitrogens with one attached hydrogen (secondary N) is 1. The van der Waals surface area contributed by atoms with E-state index in [4.69, 9.17) is 9.94 Å². The molecule has 2 heterocycles. The van der Waals surface area contributed by atoms with Crippen LogP contribution in [0.15, 0.2) is 30.4 Å².